The lowest BCUT2D eigenvalue weighted by molar-refractivity contribution is 0.0951. The Labute approximate surface area is 135 Å². The summed E-state index contributed by atoms with van der Waals surface area (Å²) in [5.41, 5.74) is 0.402. The summed E-state index contributed by atoms with van der Waals surface area (Å²) < 4.78 is 49.7. The van der Waals surface area contributed by atoms with Crippen molar-refractivity contribution in [2.45, 2.75) is 36.2 Å². The molecule has 1 aromatic rings. The van der Waals surface area contributed by atoms with E-state index in [1.165, 1.54) is 24.3 Å². The molecule has 0 aromatic heterocycles. The summed E-state index contributed by atoms with van der Waals surface area (Å²) in [5.74, 6) is -0.388. The van der Waals surface area contributed by atoms with Crippen LogP contribution in [0.5, 0.6) is 0 Å². The van der Waals surface area contributed by atoms with Crippen LogP contribution in [0.25, 0.3) is 0 Å². The van der Waals surface area contributed by atoms with Gasteiger partial charge in [-0.3, -0.25) is 4.79 Å². The van der Waals surface area contributed by atoms with Gasteiger partial charge in [0.25, 0.3) is 5.91 Å². The molecule has 3 rings (SSSR count). The predicted octanol–water partition coefficient (Wildman–Crippen LogP) is 0.0442. The summed E-state index contributed by atoms with van der Waals surface area (Å²) in [6, 6.07) is 5.26. The lowest BCUT2D eigenvalue weighted by atomic mass is 10.2. The van der Waals surface area contributed by atoms with Gasteiger partial charge in [0, 0.05) is 17.6 Å². The smallest absolute Gasteiger partial charge is 0.251 e. The molecule has 1 unspecified atom stereocenters. The van der Waals surface area contributed by atoms with E-state index in [0.29, 0.717) is 5.56 Å². The highest BCUT2D eigenvalue weighted by Crippen LogP contribution is 2.20. The molecule has 0 bridgehead atoms. The van der Waals surface area contributed by atoms with E-state index in [0.717, 1.165) is 12.8 Å². The Kier molecular flexibility index (Phi) is 4.19. The molecule has 0 spiro atoms. The number of rotatable bonds is 5. The Morgan fingerprint density at radius 3 is 2.22 bits per heavy atom. The molecular formula is C14H18N2O5S2. The normalized spacial score (nSPS) is 23.6. The van der Waals surface area contributed by atoms with Gasteiger partial charge in [0.2, 0.25) is 10.0 Å². The molecule has 1 aromatic carbocycles. The molecule has 126 valence electrons. The minimum Gasteiger partial charge on any atom is -0.349 e. The monoisotopic (exact) mass is 358 g/mol. The number of carbonyl (C=O) groups excluding carboxylic acids is 1. The highest BCUT2D eigenvalue weighted by atomic mass is 32.2. The van der Waals surface area contributed by atoms with Crippen LogP contribution in [0.2, 0.25) is 0 Å². The number of amides is 1. The molecule has 2 aliphatic rings. The summed E-state index contributed by atoms with van der Waals surface area (Å²) in [6.07, 6.45) is 2.24. The van der Waals surface area contributed by atoms with Crippen LogP contribution in [-0.4, -0.2) is 46.3 Å². The molecule has 1 saturated carbocycles. The second-order valence-electron chi connectivity index (χ2n) is 5.99. The summed E-state index contributed by atoms with van der Waals surface area (Å²) in [5, 5.41) is 2.83. The Bertz CT molecular complexity index is 811. The fraction of sp³-hybridized carbons (Fsp3) is 0.500. The molecule has 2 N–H and O–H groups in total. The van der Waals surface area contributed by atoms with Gasteiger partial charge in [-0.2, -0.15) is 0 Å². The minimum atomic E-state index is -3.79. The average molecular weight is 358 g/mol. The Hall–Kier alpha value is -1.45. The van der Waals surface area contributed by atoms with Gasteiger partial charge in [-0.15, -0.1) is 0 Å². The van der Waals surface area contributed by atoms with E-state index in [1.54, 1.807) is 0 Å². The predicted molar refractivity (Wildman–Crippen MR) is 84.3 cm³/mol. The second kappa shape index (κ2) is 5.88. The number of nitrogens with one attached hydrogen (secondary N) is 2. The summed E-state index contributed by atoms with van der Waals surface area (Å²) >= 11 is 0. The van der Waals surface area contributed by atoms with Crippen LogP contribution in [0, 0.1) is 0 Å². The minimum absolute atomic E-state index is 0.000459. The van der Waals surface area contributed by atoms with Crippen LogP contribution in [0.1, 0.15) is 29.6 Å². The third kappa shape index (κ3) is 4.10. The molecule has 1 atom stereocenters. The number of benzene rings is 1. The zero-order chi connectivity index (χ0) is 16.7. The first kappa shape index (κ1) is 16.4. The Balaban J connectivity index is 1.68. The van der Waals surface area contributed by atoms with Crippen molar-refractivity contribution in [3.8, 4) is 0 Å². The summed E-state index contributed by atoms with van der Waals surface area (Å²) in [6.45, 7) is 0. The van der Waals surface area contributed by atoms with Gasteiger partial charge >= 0.3 is 0 Å². The molecule has 1 heterocycles. The molecule has 1 aliphatic carbocycles. The zero-order valence-corrected chi connectivity index (χ0v) is 14.0. The van der Waals surface area contributed by atoms with E-state index >= 15 is 0 Å². The van der Waals surface area contributed by atoms with Crippen molar-refractivity contribution in [3.05, 3.63) is 29.8 Å². The van der Waals surface area contributed by atoms with Crippen molar-refractivity contribution in [3.63, 3.8) is 0 Å². The lowest BCUT2D eigenvalue weighted by Crippen LogP contribution is -2.35. The lowest BCUT2D eigenvalue weighted by Gasteiger charge is -2.12. The first-order valence-electron chi connectivity index (χ1n) is 7.39. The highest BCUT2D eigenvalue weighted by molar-refractivity contribution is 7.92. The van der Waals surface area contributed by atoms with Crippen molar-refractivity contribution < 1.29 is 21.6 Å². The first-order valence-corrected chi connectivity index (χ1v) is 10.7. The number of hydrogen-bond donors (Lipinski definition) is 2. The molecular weight excluding hydrogens is 340 g/mol. The molecule has 1 saturated heterocycles. The summed E-state index contributed by atoms with van der Waals surface area (Å²) in [7, 11) is -6.95. The maximum atomic E-state index is 12.3. The van der Waals surface area contributed by atoms with Crippen LogP contribution in [-0.2, 0) is 19.9 Å². The average Bonchev–Trinajstić information content (AvgIpc) is 3.22. The fourth-order valence-corrected chi connectivity index (χ4v) is 5.51. The molecule has 1 aliphatic heterocycles. The molecule has 23 heavy (non-hydrogen) atoms. The molecule has 0 radical (unpaired) electrons. The third-order valence-corrected chi connectivity index (χ3v) is 7.20. The van der Waals surface area contributed by atoms with E-state index in [2.05, 4.69) is 10.0 Å². The summed E-state index contributed by atoms with van der Waals surface area (Å²) in [4.78, 5) is 11.9. The van der Waals surface area contributed by atoms with Gasteiger partial charge < -0.3 is 5.32 Å². The number of sulfone groups is 1. The van der Waals surface area contributed by atoms with Crippen molar-refractivity contribution in [2.24, 2.45) is 0 Å². The van der Waals surface area contributed by atoms with Crippen molar-refractivity contribution in [1.29, 1.82) is 0 Å². The van der Waals surface area contributed by atoms with Crippen LogP contribution in [0.15, 0.2) is 29.2 Å². The molecule has 9 heteroatoms. The molecule has 7 nitrogen and oxygen atoms in total. The maximum Gasteiger partial charge on any atom is 0.251 e. The van der Waals surface area contributed by atoms with Crippen LogP contribution < -0.4 is 10.0 Å². The fourth-order valence-electron chi connectivity index (χ4n) is 2.46. The maximum absolute atomic E-state index is 12.3. The van der Waals surface area contributed by atoms with Gasteiger partial charge in [0.1, 0.15) is 0 Å². The SMILES string of the molecule is O=C(NC1CC1)c1ccc(S(=O)(=O)NC2CCS(=O)(=O)C2)cc1. The van der Waals surface area contributed by atoms with Gasteiger partial charge in [-0.05, 0) is 43.5 Å². The van der Waals surface area contributed by atoms with Crippen LogP contribution in [0.3, 0.4) is 0 Å². The quantitative estimate of drug-likeness (QED) is 0.773. The number of carbonyl (C=O) groups is 1. The topological polar surface area (TPSA) is 109 Å². The number of hydrogen-bond acceptors (Lipinski definition) is 5. The third-order valence-electron chi connectivity index (χ3n) is 3.89. The van der Waals surface area contributed by atoms with Crippen molar-refractivity contribution >= 4 is 25.8 Å². The number of sulfonamides is 1. The van der Waals surface area contributed by atoms with Crippen molar-refractivity contribution in [1.82, 2.24) is 10.0 Å². The van der Waals surface area contributed by atoms with Gasteiger partial charge in [-0.1, -0.05) is 0 Å². The zero-order valence-electron chi connectivity index (χ0n) is 12.4. The van der Waals surface area contributed by atoms with Gasteiger partial charge in [0.15, 0.2) is 9.84 Å². The first-order chi connectivity index (χ1) is 10.8. The Morgan fingerprint density at radius 1 is 1.04 bits per heavy atom. The van der Waals surface area contributed by atoms with Gasteiger partial charge in [0.05, 0.1) is 16.4 Å². The highest BCUT2D eigenvalue weighted by Gasteiger charge is 2.31. The van der Waals surface area contributed by atoms with Crippen LogP contribution in [0.4, 0.5) is 0 Å². The van der Waals surface area contributed by atoms with E-state index < -0.39 is 25.9 Å². The van der Waals surface area contributed by atoms with E-state index in [-0.39, 0.29) is 34.8 Å². The van der Waals surface area contributed by atoms with Crippen molar-refractivity contribution in [2.75, 3.05) is 11.5 Å². The largest absolute Gasteiger partial charge is 0.349 e. The molecule has 1 amide bonds. The van der Waals surface area contributed by atoms with E-state index in [9.17, 15) is 21.6 Å². The second-order valence-corrected chi connectivity index (χ2v) is 9.94. The Morgan fingerprint density at radius 2 is 1.70 bits per heavy atom. The van der Waals surface area contributed by atoms with E-state index in [4.69, 9.17) is 0 Å². The van der Waals surface area contributed by atoms with Gasteiger partial charge in [-0.25, -0.2) is 21.6 Å². The van der Waals surface area contributed by atoms with E-state index in [1.807, 2.05) is 0 Å². The standard InChI is InChI=1S/C14H18N2O5S2/c17-14(15-11-3-4-11)10-1-5-13(6-2-10)23(20,21)16-12-7-8-22(18,19)9-12/h1-2,5-6,11-12,16H,3-4,7-9H2,(H,15,17). The van der Waals surface area contributed by atoms with Crippen LogP contribution >= 0.6 is 0 Å². The molecule has 2 fully saturated rings.